The van der Waals surface area contributed by atoms with Crippen molar-refractivity contribution < 1.29 is 14.7 Å². The second kappa shape index (κ2) is 6.04. The summed E-state index contributed by atoms with van der Waals surface area (Å²) in [4.78, 5) is 22.9. The summed E-state index contributed by atoms with van der Waals surface area (Å²) in [6.07, 6.45) is 2.86. The van der Waals surface area contributed by atoms with Crippen molar-refractivity contribution in [2.45, 2.75) is 25.3 Å². The third kappa shape index (κ3) is 3.45. The highest BCUT2D eigenvalue weighted by atomic mass is 35.5. The first-order valence-electron chi connectivity index (χ1n) is 6.15. The molecule has 0 aliphatic carbocycles. The van der Waals surface area contributed by atoms with E-state index >= 15 is 0 Å². The number of amides is 1. The number of nitrogens with one attached hydrogen (secondary N) is 2. The summed E-state index contributed by atoms with van der Waals surface area (Å²) in [5, 5.41) is 15.0. The third-order valence-corrected chi connectivity index (χ3v) is 3.43. The molecular weight excluding hydrogens is 268 g/mol. The molecule has 1 heterocycles. The molecule has 6 heteroatoms. The van der Waals surface area contributed by atoms with Gasteiger partial charge in [-0.15, -0.1) is 0 Å². The topological polar surface area (TPSA) is 78.4 Å². The van der Waals surface area contributed by atoms with Crippen molar-refractivity contribution in [1.29, 1.82) is 0 Å². The Hall–Kier alpha value is -1.59. The molecule has 0 bridgehead atoms. The van der Waals surface area contributed by atoms with Crippen molar-refractivity contribution in [2.24, 2.45) is 0 Å². The Morgan fingerprint density at radius 3 is 2.79 bits per heavy atom. The van der Waals surface area contributed by atoms with Gasteiger partial charge in [-0.1, -0.05) is 18.0 Å². The van der Waals surface area contributed by atoms with Gasteiger partial charge in [0.2, 0.25) is 5.91 Å². The lowest BCUT2D eigenvalue weighted by molar-refractivity contribution is -0.118. The Balaban J connectivity index is 2.11. The zero-order chi connectivity index (χ0) is 13.8. The quantitative estimate of drug-likeness (QED) is 0.793. The first-order chi connectivity index (χ1) is 9.08. The zero-order valence-electron chi connectivity index (χ0n) is 10.3. The molecule has 1 unspecified atom stereocenters. The number of hydrogen-bond donors (Lipinski definition) is 3. The molecule has 19 heavy (non-hydrogen) atoms. The number of carboxylic acid groups (broad SMARTS) is 1. The summed E-state index contributed by atoms with van der Waals surface area (Å²) in [5.41, 5.74) is 0.426. The Morgan fingerprint density at radius 1 is 1.37 bits per heavy atom. The van der Waals surface area contributed by atoms with Crippen LogP contribution in [0.4, 0.5) is 5.69 Å². The lowest BCUT2D eigenvalue weighted by Gasteiger charge is -2.22. The number of halogens is 1. The van der Waals surface area contributed by atoms with Crippen LogP contribution in [-0.2, 0) is 4.79 Å². The normalized spacial score (nSPS) is 18.9. The van der Waals surface area contributed by atoms with Gasteiger partial charge in [-0.2, -0.15) is 0 Å². The number of aromatic carboxylic acids is 1. The number of hydrogen-bond acceptors (Lipinski definition) is 3. The standard InChI is InChI=1S/C13H15ClN2O3/c14-9-5-4-8(13(18)19)7-11(9)16-12(17)10-3-1-2-6-15-10/h4-5,7,10,15H,1-3,6H2,(H,16,17)(H,18,19). The molecule has 1 saturated heterocycles. The average molecular weight is 283 g/mol. The molecule has 0 radical (unpaired) electrons. The molecule has 1 atom stereocenters. The maximum atomic E-state index is 12.0. The van der Waals surface area contributed by atoms with E-state index in [0.717, 1.165) is 25.8 Å². The van der Waals surface area contributed by atoms with Gasteiger partial charge in [-0.25, -0.2) is 4.79 Å². The van der Waals surface area contributed by atoms with Crippen molar-refractivity contribution in [2.75, 3.05) is 11.9 Å². The molecule has 0 spiro atoms. The van der Waals surface area contributed by atoms with Gasteiger partial charge in [-0.05, 0) is 37.6 Å². The fourth-order valence-corrected chi connectivity index (χ4v) is 2.21. The van der Waals surface area contributed by atoms with E-state index in [0.29, 0.717) is 10.7 Å². The number of carbonyl (C=O) groups is 2. The summed E-state index contributed by atoms with van der Waals surface area (Å²) >= 11 is 5.96. The molecule has 1 aliphatic heterocycles. The van der Waals surface area contributed by atoms with Crippen molar-refractivity contribution in [1.82, 2.24) is 5.32 Å². The highest BCUT2D eigenvalue weighted by Gasteiger charge is 2.21. The van der Waals surface area contributed by atoms with Crippen LogP contribution in [0.25, 0.3) is 0 Å². The average Bonchev–Trinajstić information content (AvgIpc) is 2.42. The van der Waals surface area contributed by atoms with Crippen LogP contribution < -0.4 is 10.6 Å². The minimum Gasteiger partial charge on any atom is -0.478 e. The molecule has 0 saturated carbocycles. The van der Waals surface area contributed by atoms with Crippen LogP contribution in [0.1, 0.15) is 29.6 Å². The summed E-state index contributed by atoms with van der Waals surface area (Å²) in [6.45, 7) is 0.820. The number of piperidine rings is 1. The minimum absolute atomic E-state index is 0.0938. The van der Waals surface area contributed by atoms with E-state index in [1.54, 1.807) is 0 Å². The number of rotatable bonds is 3. The van der Waals surface area contributed by atoms with Crippen molar-refractivity contribution in [3.05, 3.63) is 28.8 Å². The Bertz CT molecular complexity index is 499. The predicted octanol–water partition coefficient (Wildman–Crippen LogP) is 2.12. The Kier molecular flexibility index (Phi) is 4.39. The smallest absolute Gasteiger partial charge is 0.335 e. The van der Waals surface area contributed by atoms with E-state index in [1.165, 1.54) is 18.2 Å². The van der Waals surface area contributed by atoms with E-state index in [-0.39, 0.29) is 17.5 Å². The number of benzene rings is 1. The Morgan fingerprint density at radius 2 is 2.16 bits per heavy atom. The molecule has 1 aromatic carbocycles. The molecule has 0 aromatic heterocycles. The third-order valence-electron chi connectivity index (χ3n) is 3.10. The van der Waals surface area contributed by atoms with E-state index < -0.39 is 5.97 Å². The molecule has 1 aromatic rings. The second-order valence-electron chi connectivity index (χ2n) is 4.49. The number of carboxylic acids is 1. The highest BCUT2D eigenvalue weighted by molar-refractivity contribution is 6.33. The lowest BCUT2D eigenvalue weighted by Crippen LogP contribution is -2.43. The van der Waals surface area contributed by atoms with Crippen LogP contribution in [0.15, 0.2) is 18.2 Å². The van der Waals surface area contributed by atoms with Gasteiger partial charge in [-0.3, -0.25) is 4.79 Å². The molecule has 5 nitrogen and oxygen atoms in total. The molecule has 1 aliphatic rings. The predicted molar refractivity (Wildman–Crippen MR) is 72.7 cm³/mol. The first kappa shape index (κ1) is 13.8. The van der Waals surface area contributed by atoms with Gasteiger partial charge in [0.25, 0.3) is 0 Å². The highest BCUT2D eigenvalue weighted by Crippen LogP contribution is 2.23. The van der Waals surface area contributed by atoms with E-state index in [9.17, 15) is 9.59 Å². The molecular formula is C13H15ClN2O3. The van der Waals surface area contributed by atoms with Crippen molar-refractivity contribution in [3.8, 4) is 0 Å². The van der Waals surface area contributed by atoms with Crippen LogP contribution in [0, 0.1) is 0 Å². The minimum atomic E-state index is -1.05. The fraction of sp³-hybridized carbons (Fsp3) is 0.385. The second-order valence-corrected chi connectivity index (χ2v) is 4.90. The zero-order valence-corrected chi connectivity index (χ0v) is 11.0. The largest absolute Gasteiger partial charge is 0.478 e. The van der Waals surface area contributed by atoms with Crippen LogP contribution in [0.5, 0.6) is 0 Å². The molecule has 3 N–H and O–H groups in total. The summed E-state index contributed by atoms with van der Waals surface area (Å²) in [7, 11) is 0. The van der Waals surface area contributed by atoms with E-state index in [1.807, 2.05) is 0 Å². The van der Waals surface area contributed by atoms with Gasteiger partial charge in [0.05, 0.1) is 22.3 Å². The van der Waals surface area contributed by atoms with Crippen molar-refractivity contribution in [3.63, 3.8) is 0 Å². The maximum absolute atomic E-state index is 12.0. The lowest BCUT2D eigenvalue weighted by atomic mass is 10.0. The monoisotopic (exact) mass is 282 g/mol. The van der Waals surface area contributed by atoms with E-state index in [4.69, 9.17) is 16.7 Å². The fourth-order valence-electron chi connectivity index (χ4n) is 2.05. The molecule has 1 amide bonds. The van der Waals surface area contributed by atoms with E-state index in [2.05, 4.69) is 10.6 Å². The van der Waals surface area contributed by atoms with Gasteiger partial charge >= 0.3 is 5.97 Å². The molecule has 102 valence electrons. The van der Waals surface area contributed by atoms with Gasteiger partial charge < -0.3 is 15.7 Å². The van der Waals surface area contributed by atoms with Crippen LogP contribution in [0.3, 0.4) is 0 Å². The van der Waals surface area contributed by atoms with Crippen LogP contribution >= 0.6 is 11.6 Å². The number of carbonyl (C=O) groups excluding carboxylic acids is 1. The van der Waals surface area contributed by atoms with Gasteiger partial charge in [0.15, 0.2) is 0 Å². The van der Waals surface area contributed by atoms with Crippen LogP contribution in [-0.4, -0.2) is 29.6 Å². The van der Waals surface area contributed by atoms with Gasteiger partial charge in [0, 0.05) is 0 Å². The first-order valence-corrected chi connectivity index (χ1v) is 6.53. The number of anilines is 1. The van der Waals surface area contributed by atoms with Crippen molar-refractivity contribution >= 4 is 29.2 Å². The summed E-state index contributed by atoms with van der Waals surface area (Å²) < 4.78 is 0. The Labute approximate surface area is 116 Å². The molecule has 1 fully saturated rings. The maximum Gasteiger partial charge on any atom is 0.335 e. The summed E-state index contributed by atoms with van der Waals surface area (Å²) in [5.74, 6) is -1.23. The van der Waals surface area contributed by atoms with Gasteiger partial charge in [0.1, 0.15) is 0 Å². The van der Waals surface area contributed by atoms with Crippen LogP contribution in [0.2, 0.25) is 5.02 Å². The SMILES string of the molecule is O=C(O)c1ccc(Cl)c(NC(=O)C2CCCCN2)c1. The molecule has 2 rings (SSSR count). The summed E-state index contributed by atoms with van der Waals surface area (Å²) in [6, 6.07) is 4.00.